The summed E-state index contributed by atoms with van der Waals surface area (Å²) in [5, 5.41) is 0. The van der Waals surface area contributed by atoms with Crippen molar-refractivity contribution in [2.75, 3.05) is 19.7 Å². The van der Waals surface area contributed by atoms with E-state index in [0.29, 0.717) is 6.10 Å². The molecule has 1 fully saturated rings. The summed E-state index contributed by atoms with van der Waals surface area (Å²) in [5.74, 6) is 0.943. The maximum Gasteiger partial charge on any atom is 0.127 e. The van der Waals surface area contributed by atoms with Gasteiger partial charge >= 0.3 is 0 Å². The highest BCUT2D eigenvalue weighted by atomic mass is 16.5. The fourth-order valence-electron chi connectivity index (χ4n) is 2.02. The molecule has 0 amide bonds. The van der Waals surface area contributed by atoms with Gasteiger partial charge in [0.15, 0.2) is 0 Å². The van der Waals surface area contributed by atoms with Gasteiger partial charge in [-0.15, -0.1) is 0 Å². The van der Waals surface area contributed by atoms with Crippen molar-refractivity contribution in [3.63, 3.8) is 0 Å². The largest absolute Gasteiger partial charge is 0.378 e. The van der Waals surface area contributed by atoms with E-state index < -0.39 is 0 Å². The minimum Gasteiger partial charge on any atom is -0.378 e. The van der Waals surface area contributed by atoms with E-state index in [2.05, 4.69) is 42.6 Å². The van der Waals surface area contributed by atoms with Crippen molar-refractivity contribution in [3.05, 3.63) is 24.0 Å². The van der Waals surface area contributed by atoms with E-state index in [9.17, 15) is 0 Å². The Labute approximate surface area is 105 Å². The molecule has 0 N–H and O–H groups in total. The third-order valence-corrected chi connectivity index (χ3v) is 3.05. The van der Waals surface area contributed by atoms with Gasteiger partial charge in [-0.25, -0.2) is 4.99 Å². The smallest absolute Gasteiger partial charge is 0.127 e. The van der Waals surface area contributed by atoms with Gasteiger partial charge < -0.3 is 9.64 Å². The summed E-state index contributed by atoms with van der Waals surface area (Å²) < 4.78 is 5.56. The standard InChI is InChI=1S/C14H24N2O/c1-4-16(5-2)14(15-3)11-7-6-9-13-10-8-12-17-13/h6-7,11,13H,3-5,8-10,12H2,1-2H3/b7-6-,14-11+. The highest BCUT2D eigenvalue weighted by Crippen LogP contribution is 2.15. The minimum atomic E-state index is 0.424. The summed E-state index contributed by atoms with van der Waals surface area (Å²) in [7, 11) is 0. The van der Waals surface area contributed by atoms with Gasteiger partial charge in [-0.1, -0.05) is 12.2 Å². The summed E-state index contributed by atoms with van der Waals surface area (Å²) in [5.41, 5.74) is 0. The molecule has 1 aliphatic heterocycles. The summed E-state index contributed by atoms with van der Waals surface area (Å²) >= 11 is 0. The third kappa shape index (κ3) is 4.73. The van der Waals surface area contributed by atoms with Gasteiger partial charge in [-0.3, -0.25) is 0 Å². The second-order valence-corrected chi connectivity index (χ2v) is 4.15. The molecular weight excluding hydrogens is 212 g/mol. The van der Waals surface area contributed by atoms with Crippen LogP contribution in [0.4, 0.5) is 0 Å². The number of rotatable bonds is 7. The molecule has 0 aliphatic carbocycles. The Bertz CT molecular complexity index is 274. The Hall–Kier alpha value is -1.09. The maximum atomic E-state index is 5.56. The van der Waals surface area contributed by atoms with Crippen molar-refractivity contribution >= 4 is 6.72 Å². The summed E-state index contributed by atoms with van der Waals surface area (Å²) in [6.07, 6.45) is 10.1. The molecular formula is C14H24N2O. The van der Waals surface area contributed by atoms with Crippen LogP contribution in [0.2, 0.25) is 0 Å². The van der Waals surface area contributed by atoms with Crippen LogP contribution in [-0.4, -0.2) is 37.4 Å². The van der Waals surface area contributed by atoms with E-state index >= 15 is 0 Å². The summed E-state index contributed by atoms with van der Waals surface area (Å²) in [6.45, 7) is 10.7. The van der Waals surface area contributed by atoms with Crippen molar-refractivity contribution in [2.24, 2.45) is 4.99 Å². The van der Waals surface area contributed by atoms with E-state index in [1.54, 1.807) is 0 Å². The van der Waals surface area contributed by atoms with E-state index in [1.165, 1.54) is 12.8 Å². The summed E-state index contributed by atoms with van der Waals surface area (Å²) in [6, 6.07) is 0. The number of nitrogens with zero attached hydrogens (tertiary/aromatic N) is 2. The molecule has 17 heavy (non-hydrogen) atoms. The van der Waals surface area contributed by atoms with Crippen molar-refractivity contribution in [2.45, 2.75) is 39.2 Å². The lowest BCUT2D eigenvalue weighted by Crippen LogP contribution is -2.20. The monoisotopic (exact) mass is 236 g/mol. The zero-order valence-corrected chi connectivity index (χ0v) is 11.1. The molecule has 3 nitrogen and oxygen atoms in total. The van der Waals surface area contributed by atoms with Gasteiger partial charge in [0.25, 0.3) is 0 Å². The molecule has 1 unspecified atom stereocenters. The van der Waals surface area contributed by atoms with Crippen molar-refractivity contribution < 1.29 is 4.74 Å². The van der Waals surface area contributed by atoms with Crippen LogP contribution < -0.4 is 0 Å². The van der Waals surface area contributed by atoms with Crippen LogP contribution in [0.15, 0.2) is 29.0 Å². The van der Waals surface area contributed by atoms with Crippen LogP contribution in [0.5, 0.6) is 0 Å². The zero-order chi connectivity index (χ0) is 12.5. The number of allylic oxidation sites excluding steroid dienone is 2. The molecule has 1 saturated heterocycles. The highest BCUT2D eigenvalue weighted by molar-refractivity contribution is 5.29. The summed E-state index contributed by atoms with van der Waals surface area (Å²) in [4.78, 5) is 6.24. The van der Waals surface area contributed by atoms with Gasteiger partial charge in [-0.2, -0.15) is 0 Å². The van der Waals surface area contributed by atoms with Crippen LogP contribution in [0.25, 0.3) is 0 Å². The zero-order valence-electron chi connectivity index (χ0n) is 11.1. The van der Waals surface area contributed by atoms with E-state index in [-0.39, 0.29) is 0 Å². The molecule has 0 saturated carbocycles. The van der Waals surface area contributed by atoms with Crippen molar-refractivity contribution in [1.82, 2.24) is 4.90 Å². The van der Waals surface area contributed by atoms with E-state index in [1.807, 2.05) is 6.08 Å². The molecule has 1 aliphatic rings. The topological polar surface area (TPSA) is 24.8 Å². The Morgan fingerprint density at radius 1 is 1.47 bits per heavy atom. The Kier molecular flexibility index (Phi) is 6.63. The van der Waals surface area contributed by atoms with Gasteiger partial charge in [0.1, 0.15) is 5.82 Å². The Morgan fingerprint density at radius 3 is 2.76 bits per heavy atom. The maximum absolute atomic E-state index is 5.56. The lowest BCUT2D eigenvalue weighted by atomic mass is 10.2. The molecule has 0 aromatic rings. The number of ether oxygens (including phenoxy) is 1. The third-order valence-electron chi connectivity index (χ3n) is 3.05. The van der Waals surface area contributed by atoms with Gasteiger partial charge in [0, 0.05) is 19.7 Å². The van der Waals surface area contributed by atoms with Gasteiger partial charge in [0.2, 0.25) is 0 Å². The van der Waals surface area contributed by atoms with E-state index in [4.69, 9.17) is 4.74 Å². The average molecular weight is 236 g/mol. The molecule has 0 bridgehead atoms. The minimum absolute atomic E-state index is 0.424. The second-order valence-electron chi connectivity index (χ2n) is 4.15. The fourth-order valence-corrected chi connectivity index (χ4v) is 2.02. The first-order valence-corrected chi connectivity index (χ1v) is 6.51. The first kappa shape index (κ1) is 14.0. The normalized spacial score (nSPS) is 21.1. The number of aliphatic imine (C=N–C) groups is 1. The van der Waals surface area contributed by atoms with Gasteiger partial charge in [-0.05, 0) is 45.9 Å². The lowest BCUT2D eigenvalue weighted by Gasteiger charge is -2.20. The van der Waals surface area contributed by atoms with E-state index in [0.717, 1.165) is 31.9 Å². The lowest BCUT2D eigenvalue weighted by molar-refractivity contribution is 0.113. The first-order chi connectivity index (χ1) is 8.31. The fraction of sp³-hybridized carbons (Fsp3) is 0.643. The molecule has 1 atom stereocenters. The molecule has 1 heterocycles. The number of hydrogen-bond acceptors (Lipinski definition) is 3. The Balaban J connectivity index is 2.42. The molecule has 0 radical (unpaired) electrons. The second kappa shape index (κ2) is 8.07. The first-order valence-electron chi connectivity index (χ1n) is 6.51. The molecule has 1 rings (SSSR count). The predicted molar refractivity (Wildman–Crippen MR) is 73.3 cm³/mol. The molecule has 96 valence electrons. The quantitative estimate of drug-likeness (QED) is 0.501. The van der Waals surface area contributed by atoms with Crippen molar-refractivity contribution in [1.29, 1.82) is 0 Å². The van der Waals surface area contributed by atoms with Crippen LogP contribution >= 0.6 is 0 Å². The number of hydrogen-bond donors (Lipinski definition) is 0. The van der Waals surface area contributed by atoms with Crippen LogP contribution in [0, 0.1) is 0 Å². The molecule has 0 aromatic carbocycles. The molecule has 0 aromatic heterocycles. The Morgan fingerprint density at radius 2 is 2.24 bits per heavy atom. The van der Waals surface area contributed by atoms with Crippen LogP contribution in [0.3, 0.4) is 0 Å². The average Bonchev–Trinajstić information content (AvgIpc) is 2.86. The molecule has 0 spiro atoms. The molecule has 3 heteroatoms. The highest BCUT2D eigenvalue weighted by Gasteiger charge is 2.12. The van der Waals surface area contributed by atoms with Crippen LogP contribution in [0.1, 0.15) is 33.1 Å². The van der Waals surface area contributed by atoms with Gasteiger partial charge in [0.05, 0.1) is 6.10 Å². The SMILES string of the molecule is C=N/C(=C\C=C/CC1CCCO1)N(CC)CC. The van der Waals surface area contributed by atoms with Crippen LogP contribution in [-0.2, 0) is 4.74 Å². The predicted octanol–water partition coefficient (Wildman–Crippen LogP) is 3.00. The van der Waals surface area contributed by atoms with Crippen molar-refractivity contribution in [3.8, 4) is 0 Å².